The molecule has 21 heavy (non-hydrogen) atoms. The summed E-state index contributed by atoms with van der Waals surface area (Å²) in [5, 5.41) is 9.41. The molecule has 5 heteroatoms. The minimum Gasteiger partial charge on any atom is -0.392 e. The number of hydrogen-bond donors (Lipinski definition) is 1. The lowest BCUT2D eigenvalue weighted by atomic mass is 9.96. The number of hydrogen-bond acceptors (Lipinski definition) is 3. The number of benzene rings is 1. The van der Waals surface area contributed by atoms with Gasteiger partial charge >= 0.3 is 0 Å². The van der Waals surface area contributed by atoms with Crippen LogP contribution in [0.3, 0.4) is 0 Å². The summed E-state index contributed by atoms with van der Waals surface area (Å²) in [6, 6.07) is 5.10. The van der Waals surface area contributed by atoms with Gasteiger partial charge in [-0.3, -0.25) is 0 Å². The second kappa shape index (κ2) is 6.46. The van der Waals surface area contributed by atoms with E-state index in [1.165, 1.54) is 0 Å². The molecule has 2 rings (SSSR count). The summed E-state index contributed by atoms with van der Waals surface area (Å²) in [5.41, 5.74) is 1.70. The van der Waals surface area contributed by atoms with Crippen LogP contribution in [0.25, 0.3) is 0 Å². The van der Waals surface area contributed by atoms with Crippen LogP contribution >= 0.6 is 0 Å². The van der Waals surface area contributed by atoms with Crippen molar-refractivity contribution >= 4 is 10.0 Å². The third kappa shape index (κ3) is 3.30. The second-order valence-corrected chi connectivity index (χ2v) is 8.04. The molecule has 118 valence electrons. The van der Waals surface area contributed by atoms with Gasteiger partial charge in [-0.05, 0) is 47.9 Å². The van der Waals surface area contributed by atoms with Gasteiger partial charge in [0.25, 0.3) is 0 Å². The lowest BCUT2D eigenvalue weighted by molar-refractivity contribution is 0.280. The number of aliphatic hydroxyl groups is 1. The van der Waals surface area contributed by atoms with Crippen LogP contribution in [0.2, 0.25) is 0 Å². The van der Waals surface area contributed by atoms with Gasteiger partial charge in [0.1, 0.15) is 0 Å². The zero-order valence-corrected chi connectivity index (χ0v) is 13.9. The third-order valence-corrected chi connectivity index (χ3v) is 6.36. The van der Waals surface area contributed by atoms with Gasteiger partial charge < -0.3 is 5.11 Å². The van der Waals surface area contributed by atoms with Crippen molar-refractivity contribution in [1.29, 1.82) is 0 Å². The van der Waals surface area contributed by atoms with Crippen LogP contribution in [0.4, 0.5) is 0 Å². The Morgan fingerprint density at radius 1 is 1.33 bits per heavy atom. The van der Waals surface area contributed by atoms with E-state index in [0.717, 1.165) is 18.4 Å². The average molecular weight is 311 g/mol. The van der Waals surface area contributed by atoms with Gasteiger partial charge in [0.15, 0.2) is 0 Å². The molecule has 0 bridgehead atoms. The fraction of sp³-hybridized carbons (Fsp3) is 0.625. The van der Waals surface area contributed by atoms with E-state index in [4.69, 9.17) is 0 Å². The molecular formula is C16H25NO3S. The Bertz CT molecular complexity index is 596. The van der Waals surface area contributed by atoms with Crippen molar-refractivity contribution < 1.29 is 13.5 Å². The van der Waals surface area contributed by atoms with Gasteiger partial charge in [0.05, 0.1) is 11.5 Å². The van der Waals surface area contributed by atoms with Crippen LogP contribution in [0.15, 0.2) is 23.1 Å². The first-order valence-electron chi connectivity index (χ1n) is 7.63. The highest BCUT2D eigenvalue weighted by molar-refractivity contribution is 7.89. The second-order valence-electron chi connectivity index (χ2n) is 6.10. The Morgan fingerprint density at radius 2 is 2.05 bits per heavy atom. The molecule has 1 saturated heterocycles. The van der Waals surface area contributed by atoms with Gasteiger partial charge in [-0.1, -0.05) is 26.8 Å². The monoisotopic (exact) mass is 311 g/mol. The van der Waals surface area contributed by atoms with Crippen LogP contribution in [-0.2, 0) is 23.1 Å². The van der Waals surface area contributed by atoms with Crippen molar-refractivity contribution in [2.24, 2.45) is 11.8 Å². The fourth-order valence-corrected chi connectivity index (χ4v) is 4.48. The zero-order chi connectivity index (χ0) is 15.6. The molecule has 1 aliphatic heterocycles. The molecule has 1 heterocycles. The van der Waals surface area contributed by atoms with Gasteiger partial charge in [-0.25, -0.2) is 8.42 Å². The van der Waals surface area contributed by atoms with E-state index >= 15 is 0 Å². The number of sulfonamides is 1. The Labute approximate surface area is 127 Å². The molecule has 0 aliphatic carbocycles. The molecule has 4 nitrogen and oxygen atoms in total. The maximum Gasteiger partial charge on any atom is 0.243 e. The van der Waals surface area contributed by atoms with Crippen molar-refractivity contribution in [2.75, 3.05) is 13.1 Å². The van der Waals surface area contributed by atoms with Gasteiger partial charge in [0, 0.05) is 13.1 Å². The van der Waals surface area contributed by atoms with Crippen molar-refractivity contribution in [2.45, 2.75) is 45.1 Å². The SMILES string of the molecule is CCc1ccc(S(=O)(=O)N2CCC(C(C)C)C2)cc1CO. The number of nitrogens with zero attached hydrogens (tertiary/aromatic N) is 1. The zero-order valence-electron chi connectivity index (χ0n) is 13.0. The Morgan fingerprint density at radius 3 is 2.57 bits per heavy atom. The molecule has 1 fully saturated rings. The molecule has 1 unspecified atom stereocenters. The summed E-state index contributed by atoms with van der Waals surface area (Å²) < 4.78 is 27.0. The molecule has 1 aliphatic rings. The van der Waals surface area contributed by atoms with Crippen molar-refractivity contribution in [3.63, 3.8) is 0 Å². The van der Waals surface area contributed by atoms with Gasteiger partial charge in [-0.2, -0.15) is 4.31 Å². The Balaban J connectivity index is 2.28. The van der Waals surface area contributed by atoms with E-state index in [0.29, 0.717) is 35.4 Å². The van der Waals surface area contributed by atoms with Crippen molar-refractivity contribution in [3.8, 4) is 0 Å². The maximum absolute atomic E-state index is 12.7. The summed E-state index contributed by atoms with van der Waals surface area (Å²) in [6.45, 7) is 7.35. The number of rotatable bonds is 5. The standard InChI is InChI=1S/C16H25NO3S/c1-4-13-5-6-16(9-15(13)11-18)21(19,20)17-8-7-14(10-17)12(2)3/h5-6,9,12,14,18H,4,7-8,10-11H2,1-3H3. The predicted octanol–water partition coefficient (Wildman–Crippen LogP) is 2.41. The van der Waals surface area contributed by atoms with E-state index in [2.05, 4.69) is 13.8 Å². The molecule has 1 aromatic rings. The Hall–Kier alpha value is -0.910. The number of aryl methyl sites for hydroxylation is 1. The Kier molecular flexibility index (Phi) is 5.07. The molecule has 1 atom stereocenters. The lowest BCUT2D eigenvalue weighted by Gasteiger charge is -2.19. The normalized spacial score (nSPS) is 20.3. The average Bonchev–Trinajstić information content (AvgIpc) is 2.97. The molecule has 0 radical (unpaired) electrons. The summed E-state index contributed by atoms with van der Waals surface area (Å²) >= 11 is 0. The summed E-state index contributed by atoms with van der Waals surface area (Å²) in [5.74, 6) is 0.938. The van der Waals surface area contributed by atoms with Crippen LogP contribution in [0.1, 0.15) is 38.3 Å². The van der Waals surface area contributed by atoms with E-state index < -0.39 is 10.0 Å². The van der Waals surface area contributed by atoms with Crippen LogP contribution < -0.4 is 0 Å². The first kappa shape index (κ1) is 16.5. The minimum atomic E-state index is -3.44. The first-order chi connectivity index (χ1) is 9.90. The molecule has 1 N–H and O–H groups in total. The molecule has 1 aromatic carbocycles. The van der Waals surface area contributed by atoms with Gasteiger partial charge in [0.2, 0.25) is 10.0 Å². The molecule has 0 saturated carbocycles. The highest BCUT2D eigenvalue weighted by Crippen LogP contribution is 2.29. The first-order valence-corrected chi connectivity index (χ1v) is 9.07. The molecule has 0 spiro atoms. The summed E-state index contributed by atoms with van der Waals surface area (Å²) in [6.07, 6.45) is 1.71. The van der Waals surface area contributed by atoms with Crippen molar-refractivity contribution in [3.05, 3.63) is 29.3 Å². The molecule has 0 aromatic heterocycles. The van der Waals surface area contributed by atoms with Crippen LogP contribution in [0, 0.1) is 11.8 Å². The van der Waals surface area contributed by atoms with E-state index in [1.807, 2.05) is 13.0 Å². The van der Waals surface area contributed by atoms with E-state index in [9.17, 15) is 13.5 Å². The quantitative estimate of drug-likeness (QED) is 0.908. The van der Waals surface area contributed by atoms with E-state index in [1.54, 1.807) is 16.4 Å². The van der Waals surface area contributed by atoms with Crippen molar-refractivity contribution in [1.82, 2.24) is 4.31 Å². The van der Waals surface area contributed by atoms with Gasteiger partial charge in [-0.15, -0.1) is 0 Å². The lowest BCUT2D eigenvalue weighted by Crippen LogP contribution is -2.29. The highest BCUT2D eigenvalue weighted by atomic mass is 32.2. The third-order valence-electron chi connectivity index (χ3n) is 4.50. The topological polar surface area (TPSA) is 57.6 Å². The molecular weight excluding hydrogens is 286 g/mol. The summed E-state index contributed by atoms with van der Waals surface area (Å²) in [4.78, 5) is 0.299. The summed E-state index contributed by atoms with van der Waals surface area (Å²) in [7, 11) is -3.44. The smallest absolute Gasteiger partial charge is 0.243 e. The van der Waals surface area contributed by atoms with Crippen LogP contribution in [0.5, 0.6) is 0 Å². The fourth-order valence-electron chi connectivity index (χ4n) is 2.92. The largest absolute Gasteiger partial charge is 0.392 e. The molecule has 0 amide bonds. The minimum absolute atomic E-state index is 0.124. The maximum atomic E-state index is 12.7. The predicted molar refractivity (Wildman–Crippen MR) is 83.4 cm³/mol. The highest BCUT2D eigenvalue weighted by Gasteiger charge is 2.33. The number of aliphatic hydroxyl groups excluding tert-OH is 1. The van der Waals surface area contributed by atoms with Crippen LogP contribution in [-0.4, -0.2) is 30.9 Å². The van der Waals surface area contributed by atoms with E-state index in [-0.39, 0.29) is 6.61 Å².